The standard InChI is InChI=1S/C14H17N3O/c1-9-7-11-8-10(3-4-13(11)18-9)14(15-2)12-5-6-16-17-12/h3-6,8-9,14-15H,7H2,1-2H3,(H,16,17). The molecule has 0 saturated carbocycles. The molecule has 0 aliphatic carbocycles. The van der Waals surface area contributed by atoms with Crippen molar-refractivity contribution < 1.29 is 4.74 Å². The van der Waals surface area contributed by atoms with E-state index >= 15 is 0 Å². The number of hydrogen-bond donors (Lipinski definition) is 2. The number of hydrogen-bond acceptors (Lipinski definition) is 3. The number of fused-ring (bicyclic) bond motifs is 1. The fraction of sp³-hybridized carbons (Fsp3) is 0.357. The van der Waals surface area contributed by atoms with E-state index in [1.165, 1.54) is 11.1 Å². The first kappa shape index (κ1) is 11.3. The number of aromatic amines is 1. The molecule has 0 radical (unpaired) electrons. The number of ether oxygens (including phenoxy) is 1. The zero-order chi connectivity index (χ0) is 12.5. The highest BCUT2D eigenvalue weighted by atomic mass is 16.5. The van der Waals surface area contributed by atoms with E-state index in [0.717, 1.165) is 17.9 Å². The average molecular weight is 243 g/mol. The highest BCUT2D eigenvalue weighted by Crippen LogP contribution is 2.32. The predicted molar refractivity (Wildman–Crippen MR) is 69.7 cm³/mol. The van der Waals surface area contributed by atoms with Gasteiger partial charge in [-0.15, -0.1) is 0 Å². The van der Waals surface area contributed by atoms with Crippen molar-refractivity contribution in [1.29, 1.82) is 0 Å². The first-order chi connectivity index (χ1) is 8.78. The normalized spacial score (nSPS) is 19.3. The molecule has 1 aliphatic heterocycles. The van der Waals surface area contributed by atoms with Gasteiger partial charge in [0.25, 0.3) is 0 Å². The van der Waals surface area contributed by atoms with Gasteiger partial charge >= 0.3 is 0 Å². The quantitative estimate of drug-likeness (QED) is 0.867. The van der Waals surface area contributed by atoms with E-state index in [4.69, 9.17) is 4.74 Å². The highest BCUT2D eigenvalue weighted by Gasteiger charge is 2.21. The Labute approximate surface area is 106 Å². The third-order valence-corrected chi connectivity index (χ3v) is 3.38. The Hall–Kier alpha value is -1.81. The summed E-state index contributed by atoms with van der Waals surface area (Å²) >= 11 is 0. The minimum atomic E-state index is 0.147. The summed E-state index contributed by atoms with van der Waals surface area (Å²) in [7, 11) is 1.96. The summed E-state index contributed by atoms with van der Waals surface area (Å²) in [4.78, 5) is 0. The van der Waals surface area contributed by atoms with Crippen molar-refractivity contribution in [3.05, 3.63) is 47.3 Å². The number of benzene rings is 1. The second-order valence-corrected chi connectivity index (χ2v) is 4.73. The summed E-state index contributed by atoms with van der Waals surface area (Å²) in [6.07, 6.45) is 3.05. The lowest BCUT2D eigenvalue weighted by molar-refractivity contribution is 0.254. The second kappa shape index (κ2) is 4.46. The third-order valence-electron chi connectivity index (χ3n) is 3.38. The molecule has 0 spiro atoms. The monoisotopic (exact) mass is 243 g/mol. The average Bonchev–Trinajstić information content (AvgIpc) is 2.97. The summed E-state index contributed by atoms with van der Waals surface area (Å²) in [5, 5.41) is 10.3. The van der Waals surface area contributed by atoms with E-state index in [1.54, 1.807) is 6.20 Å². The van der Waals surface area contributed by atoms with E-state index in [-0.39, 0.29) is 12.1 Å². The molecule has 0 fully saturated rings. The van der Waals surface area contributed by atoms with Crippen LogP contribution in [-0.2, 0) is 6.42 Å². The van der Waals surface area contributed by atoms with Gasteiger partial charge in [-0.1, -0.05) is 12.1 Å². The Kier molecular flexibility index (Phi) is 2.80. The summed E-state index contributed by atoms with van der Waals surface area (Å²) in [6.45, 7) is 2.10. The number of rotatable bonds is 3. The van der Waals surface area contributed by atoms with Crippen LogP contribution in [0.1, 0.15) is 29.8 Å². The smallest absolute Gasteiger partial charge is 0.123 e. The Morgan fingerprint density at radius 3 is 3.06 bits per heavy atom. The number of nitrogens with zero attached hydrogens (tertiary/aromatic N) is 1. The summed E-state index contributed by atoms with van der Waals surface area (Å²) in [6, 6.07) is 8.54. The van der Waals surface area contributed by atoms with E-state index in [0.29, 0.717) is 0 Å². The van der Waals surface area contributed by atoms with Crippen molar-refractivity contribution in [2.75, 3.05) is 7.05 Å². The van der Waals surface area contributed by atoms with Crippen LogP contribution in [0.3, 0.4) is 0 Å². The maximum absolute atomic E-state index is 5.73. The van der Waals surface area contributed by atoms with Crippen LogP contribution in [0.25, 0.3) is 0 Å². The van der Waals surface area contributed by atoms with Gasteiger partial charge in [0.15, 0.2) is 0 Å². The zero-order valence-electron chi connectivity index (χ0n) is 10.6. The molecule has 0 amide bonds. The van der Waals surface area contributed by atoms with Crippen molar-refractivity contribution in [3.63, 3.8) is 0 Å². The summed E-state index contributed by atoms with van der Waals surface area (Å²) in [5.41, 5.74) is 3.60. The minimum Gasteiger partial charge on any atom is -0.490 e. The van der Waals surface area contributed by atoms with Gasteiger partial charge in [0.2, 0.25) is 0 Å². The molecule has 1 aromatic heterocycles. The molecule has 2 N–H and O–H groups in total. The van der Waals surface area contributed by atoms with Gasteiger partial charge in [-0.25, -0.2) is 0 Å². The fourth-order valence-corrected chi connectivity index (χ4v) is 2.55. The molecule has 4 nitrogen and oxygen atoms in total. The maximum Gasteiger partial charge on any atom is 0.123 e. The van der Waals surface area contributed by atoms with Gasteiger partial charge in [0.05, 0.1) is 11.7 Å². The van der Waals surface area contributed by atoms with Crippen LogP contribution in [0.4, 0.5) is 0 Å². The summed E-state index contributed by atoms with van der Waals surface area (Å²) in [5.74, 6) is 1.02. The number of nitrogens with one attached hydrogen (secondary N) is 2. The molecule has 18 heavy (non-hydrogen) atoms. The second-order valence-electron chi connectivity index (χ2n) is 4.73. The molecular weight excluding hydrogens is 226 g/mol. The molecule has 94 valence electrons. The lowest BCUT2D eigenvalue weighted by Crippen LogP contribution is -2.18. The van der Waals surface area contributed by atoms with E-state index < -0.39 is 0 Å². The molecule has 3 rings (SSSR count). The van der Waals surface area contributed by atoms with Gasteiger partial charge in [-0.05, 0) is 37.2 Å². The van der Waals surface area contributed by atoms with Gasteiger partial charge in [-0.2, -0.15) is 5.10 Å². The maximum atomic E-state index is 5.73. The third kappa shape index (κ3) is 1.88. The van der Waals surface area contributed by atoms with Gasteiger partial charge in [0.1, 0.15) is 11.9 Å². The Morgan fingerprint density at radius 1 is 1.44 bits per heavy atom. The molecular formula is C14H17N3O. The van der Waals surface area contributed by atoms with Crippen molar-refractivity contribution in [2.45, 2.75) is 25.5 Å². The van der Waals surface area contributed by atoms with Gasteiger partial charge in [-0.3, -0.25) is 5.10 Å². The van der Waals surface area contributed by atoms with Crippen LogP contribution in [-0.4, -0.2) is 23.3 Å². The van der Waals surface area contributed by atoms with Gasteiger partial charge < -0.3 is 10.1 Å². The van der Waals surface area contributed by atoms with Crippen molar-refractivity contribution in [3.8, 4) is 5.75 Å². The fourth-order valence-electron chi connectivity index (χ4n) is 2.55. The van der Waals surface area contributed by atoms with E-state index in [2.05, 4.69) is 40.6 Å². The molecule has 2 aromatic rings. The summed E-state index contributed by atoms with van der Waals surface area (Å²) < 4.78 is 5.73. The van der Waals surface area contributed by atoms with Crippen LogP contribution in [0, 0.1) is 0 Å². The number of aromatic nitrogens is 2. The Morgan fingerprint density at radius 2 is 2.33 bits per heavy atom. The molecule has 1 aromatic carbocycles. The van der Waals surface area contributed by atoms with Crippen molar-refractivity contribution >= 4 is 0 Å². The predicted octanol–water partition coefficient (Wildman–Crippen LogP) is 2.04. The van der Waals surface area contributed by atoms with Crippen LogP contribution < -0.4 is 10.1 Å². The van der Waals surface area contributed by atoms with Crippen LogP contribution >= 0.6 is 0 Å². The van der Waals surface area contributed by atoms with Crippen LogP contribution in [0.5, 0.6) is 5.75 Å². The molecule has 1 aliphatic rings. The molecule has 2 heterocycles. The van der Waals surface area contributed by atoms with Crippen molar-refractivity contribution in [2.24, 2.45) is 0 Å². The first-order valence-corrected chi connectivity index (χ1v) is 6.24. The van der Waals surface area contributed by atoms with Crippen LogP contribution in [0.2, 0.25) is 0 Å². The first-order valence-electron chi connectivity index (χ1n) is 6.24. The molecule has 4 heteroatoms. The van der Waals surface area contributed by atoms with Gasteiger partial charge in [0, 0.05) is 12.6 Å². The molecule has 2 atom stereocenters. The zero-order valence-corrected chi connectivity index (χ0v) is 10.6. The Bertz CT molecular complexity index is 536. The molecule has 0 saturated heterocycles. The topological polar surface area (TPSA) is 49.9 Å². The highest BCUT2D eigenvalue weighted by molar-refractivity contribution is 5.43. The SMILES string of the molecule is CNC(c1ccc2c(c1)CC(C)O2)c1ccn[nH]1. The van der Waals surface area contributed by atoms with E-state index in [1.807, 2.05) is 13.1 Å². The molecule has 0 bridgehead atoms. The molecule has 2 unspecified atom stereocenters. The lowest BCUT2D eigenvalue weighted by Gasteiger charge is -2.15. The lowest BCUT2D eigenvalue weighted by atomic mass is 10.00. The minimum absolute atomic E-state index is 0.147. The van der Waals surface area contributed by atoms with E-state index in [9.17, 15) is 0 Å². The number of H-pyrrole nitrogens is 1. The van der Waals surface area contributed by atoms with Crippen molar-refractivity contribution in [1.82, 2.24) is 15.5 Å². The van der Waals surface area contributed by atoms with Crippen LogP contribution in [0.15, 0.2) is 30.5 Å². The Balaban J connectivity index is 1.95. The largest absolute Gasteiger partial charge is 0.490 e.